The van der Waals surface area contributed by atoms with Crippen molar-refractivity contribution in [3.8, 4) is 0 Å². The van der Waals surface area contributed by atoms with E-state index >= 15 is 0 Å². The van der Waals surface area contributed by atoms with Crippen molar-refractivity contribution in [3.63, 3.8) is 0 Å². The van der Waals surface area contributed by atoms with Gasteiger partial charge in [0.1, 0.15) is 15.9 Å². The molecule has 1 aromatic carbocycles. The van der Waals surface area contributed by atoms with Crippen LogP contribution in [0, 0.1) is 12.7 Å². The van der Waals surface area contributed by atoms with E-state index in [2.05, 4.69) is 14.7 Å². The van der Waals surface area contributed by atoms with Gasteiger partial charge in [-0.25, -0.2) is 27.5 Å². The number of aromatic nitrogens is 2. The summed E-state index contributed by atoms with van der Waals surface area (Å²) >= 11 is 11.5. The van der Waals surface area contributed by atoms with Crippen molar-refractivity contribution in [1.82, 2.24) is 9.97 Å². The largest absolute Gasteiger partial charge is 0.396 e. The molecule has 1 aromatic heterocycles. The summed E-state index contributed by atoms with van der Waals surface area (Å²) in [5, 5.41) is -0.238. The minimum absolute atomic E-state index is 0.0740. The van der Waals surface area contributed by atoms with E-state index in [9.17, 15) is 12.8 Å². The molecule has 0 saturated carbocycles. The highest BCUT2D eigenvalue weighted by atomic mass is 35.5. The van der Waals surface area contributed by atoms with Gasteiger partial charge in [0.25, 0.3) is 10.0 Å². The monoisotopic (exact) mass is 350 g/mol. The summed E-state index contributed by atoms with van der Waals surface area (Å²) in [4.78, 5) is 7.23. The number of anilines is 2. The van der Waals surface area contributed by atoms with Crippen LogP contribution in [0.2, 0.25) is 10.2 Å². The van der Waals surface area contributed by atoms with Crippen LogP contribution >= 0.6 is 23.2 Å². The van der Waals surface area contributed by atoms with Crippen LogP contribution in [-0.2, 0) is 10.0 Å². The first-order valence-corrected chi connectivity index (χ1v) is 7.71. The second-order valence-electron chi connectivity index (χ2n) is 4.07. The van der Waals surface area contributed by atoms with Crippen LogP contribution in [0.25, 0.3) is 0 Å². The number of hydrogen-bond donors (Lipinski definition) is 2. The summed E-state index contributed by atoms with van der Waals surface area (Å²) in [6, 6.07) is 3.19. The molecule has 0 fully saturated rings. The summed E-state index contributed by atoms with van der Waals surface area (Å²) in [5.41, 5.74) is 5.47. The molecule has 3 N–H and O–H groups in total. The van der Waals surface area contributed by atoms with Crippen LogP contribution in [0.4, 0.5) is 16.0 Å². The predicted octanol–water partition coefficient (Wildman–Crippen LogP) is 2.61. The molecule has 0 unspecified atom stereocenters. The maximum atomic E-state index is 13.2. The molecule has 1 heterocycles. The number of nitrogens with one attached hydrogen (secondary N) is 1. The first-order valence-electron chi connectivity index (χ1n) is 5.47. The summed E-state index contributed by atoms with van der Waals surface area (Å²) in [6.07, 6.45) is 0. The van der Waals surface area contributed by atoms with Gasteiger partial charge in [-0.3, -0.25) is 0 Å². The van der Waals surface area contributed by atoms with Gasteiger partial charge in [0, 0.05) is 5.69 Å². The van der Waals surface area contributed by atoms with Gasteiger partial charge in [-0.2, -0.15) is 0 Å². The average Bonchev–Trinajstić information content (AvgIpc) is 2.31. The smallest absolute Gasteiger partial charge is 0.265 e. The Balaban J connectivity index is 2.45. The molecule has 6 nitrogen and oxygen atoms in total. The van der Waals surface area contributed by atoms with E-state index in [1.54, 1.807) is 6.92 Å². The van der Waals surface area contributed by atoms with E-state index in [0.29, 0.717) is 5.69 Å². The Morgan fingerprint density at radius 2 is 1.90 bits per heavy atom. The van der Waals surface area contributed by atoms with Gasteiger partial charge in [0.2, 0.25) is 5.95 Å². The summed E-state index contributed by atoms with van der Waals surface area (Å²) in [5.74, 6) is -1.03. The summed E-state index contributed by atoms with van der Waals surface area (Å²) < 4.78 is 39.7. The molecule has 2 aromatic rings. The molecule has 0 saturated heterocycles. The lowest BCUT2D eigenvalue weighted by Gasteiger charge is -2.10. The first-order chi connectivity index (χ1) is 9.69. The first kappa shape index (κ1) is 15.7. The number of hydrogen-bond acceptors (Lipinski definition) is 5. The van der Waals surface area contributed by atoms with Gasteiger partial charge in [0.05, 0.1) is 10.7 Å². The van der Waals surface area contributed by atoms with Crippen LogP contribution in [0.15, 0.2) is 23.1 Å². The maximum Gasteiger partial charge on any atom is 0.265 e. The molecule has 0 radical (unpaired) electrons. The molecule has 0 aliphatic rings. The topological polar surface area (TPSA) is 98.0 Å². The second-order valence-corrected chi connectivity index (χ2v) is 6.51. The van der Waals surface area contributed by atoms with Gasteiger partial charge in [-0.1, -0.05) is 23.2 Å². The fraction of sp³-hybridized carbons (Fsp3) is 0.0909. The van der Waals surface area contributed by atoms with E-state index in [1.165, 1.54) is 6.07 Å². The SMILES string of the molecule is Cc1cc(Cl)nc(NS(=O)(=O)c2cc(N)c(F)cc2Cl)n1. The fourth-order valence-corrected chi connectivity index (χ4v) is 3.23. The van der Waals surface area contributed by atoms with Crippen molar-refractivity contribution in [2.24, 2.45) is 0 Å². The number of nitrogens with two attached hydrogens (primary N) is 1. The minimum Gasteiger partial charge on any atom is -0.396 e. The molecule has 112 valence electrons. The van der Waals surface area contributed by atoms with Crippen molar-refractivity contribution in [2.75, 3.05) is 10.5 Å². The van der Waals surface area contributed by atoms with Gasteiger partial charge in [-0.05, 0) is 25.1 Å². The number of sulfonamides is 1. The van der Waals surface area contributed by atoms with Crippen molar-refractivity contribution >= 4 is 44.9 Å². The van der Waals surface area contributed by atoms with Crippen LogP contribution in [0.3, 0.4) is 0 Å². The molecule has 2 rings (SSSR count). The number of nitrogen functional groups attached to an aromatic ring is 1. The zero-order valence-corrected chi connectivity index (χ0v) is 12.9. The number of rotatable bonds is 3. The van der Waals surface area contributed by atoms with E-state index in [1.807, 2.05) is 0 Å². The molecule has 0 aliphatic carbocycles. The minimum atomic E-state index is -4.13. The standard InChI is InChI=1S/C11H9Cl2FN4O2S/c1-5-2-10(13)17-11(16-5)18-21(19,20)9-4-8(15)7(14)3-6(9)12/h2-4H,15H2,1H3,(H,16,17,18). The molecule has 0 atom stereocenters. The third-order valence-corrected chi connectivity index (χ3v) is 4.38. The number of halogens is 3. The molecule has 0 bridgehead atoms. The van der Waals surface area contributed by atoms with Gasteiger partial charge >= 0.3 is 0 Å². The lowest BCUT2D eigenvalue weighted by atomic mass is 10.3. The van der Waals surface area contributed by atoms with Crippen molar-refractivity contribution < 1.29 is 12.8 Å². The van der Waals surface area contributed by atoms with Crippen LogP contribution in [0.5, 0.6) is 0 Å². The zero-order valence-electron chi connectivity index (χ0n) is 10.6. The second kappa shape index (κ2) is 5.63. The average molecular weight is 351 g/mol. The molecular weight excluding hydrogens is 342 g/mol. The Kier molecular flexibility index (Phi) is 4.22. The molecule has 0 aliphatic heterocycles. The van der Waals surface area contributed by atoms with Gasteiger partial charge in [0.15, 0.2) is 0 Å². The summed E-state index contributed by atoms with van der Waals surface area (Å²) in [6.45, 7) is 1.62. The Bertz CT molecular complexity index is 794. The van der Waals surface area contributed by atoms with E-state index in [-0.39, 0.29) is 26.7 Å². The molecule has 21 heavy (non-hydrogen) atoms. The lowest BCUT2D eigenvalue weighted by molar-refractivity contribution is 0.599. The molecule has 0 spiro atoms. The third kappa shape index (κ3) is 3.52. The maximum absolute atomic E-state index is 13.2. The molecule has 10 heteroatoms. The van der Waals surface area contributed by atoms with E-state index < -0.39 is 15.8 Å². The van der Waals surface area contributed by atoms with E-state index in [0.717, 1.165) is 12.1 Å². The number of nitrogens with zero attached hydrogens (tertiary/aromatic N) is 2. The molecule has 0 amide bonds. The van der Waals surface area contributed by atoms with E-state index in [4.69, 9.17) is 28.9 Å². The van der Waals surface area contributed by atoms with Crippen LogP contribution < -0.4 is 10.5 Å². The lowest BCUT2D eigenvalue weighted by Crippen LogP contribution is -2.16. The number of benzene rings is 1. The number of aryl methyl sites for hydroxylation is 1. The zero-order chi connectivity index (χ0) is 15.8. The third-order valence-electron chi connectivity index (χ3n) is 2.39. The van der Waals surface area contributed by atoms with Crippen LogP contribution in [0.1, 0.15) is 5.69 Å². The predicted molar refractivity (Wildman–Crippen MR) is 78.4 cm³/mol. The Morgan fingerprint density at radius 1 is 1.24 bits per heavy atom. The highest BCUT2D eigenvalue weighted by molar-refractivity contribution is 7.92. The fourth-order valence-electron chi connectivity index (χ4n) is 1.50. The highest BCUT2D eigenvalue weighted by Crippen LogP contribution is 2.27. The van der Waals surface area contributed by atoms with Crippen molar-refractivity contribution in [1.29, 1.82) is 0 Å². The van der Waals surface area contributed by atoms with Gasteiger partial charge < -0.3 is 5.73 Å². The Morgan fingerprint density at radius 3 is 2.52 bits per heavy atom. The van der Waals surface area contributed by atoms with Crippen LogP contribution in [-0.4, -0.2) is 18.4 Å². The summed E-state index contributed by atoms with van der Waals surface area (Å²) in [7, 11) is -4.13. The Labute approximate surface area is 130 Å². The highest BCUT2D eigenvalue weighted by Gasteiger charge is 2.21. The normalized spacial score (nSPS) is 11.4. The van der Waals surface area contributed by atoms with Crippen molar-refractivity contribution in [3.05, 3.63) is 39.9 Å². The van der Waals surface area contributed by atoms with Crippen molar-refractivity contribution in [2.45, 2.75) is 11.8 Å². The van der Waals surface area contributed by atoms with Gasteiger partial charge in [-0.15, -0.1) is 0 Å². The molecular formula is C11H9Cl2FN4O2S. The quantitative estimate of drug-likeness (QED) is 0.654. The Hall–Kier alpha value is -1.64.